The number of hydrogen-bond acceptors (Lipinski definition) is 1. The third-order valence-electron chi connectivity index (χ3n) is 10.9. The predicted octanol–water partition coefficient (Wildman–Crippen LogP) is 14.4. The molecule has 6 atom stereocenters. The summed E-state index contributed by atoms with van der Waals surface area (Å²) in [6, 6.07) is 0. The van der Waals surface area contributed by atoms with E-state index in [4.69, 9.17) is 1.41 Å². The average molecular weight is 764 g/mol. The quantitative estimate of drug-likeness (QED) is 0.0797. The molecule has 0 saturated carbocycles. The van der Waals surface area contributed by atoms with E-state index in [0.29, 0.717) is 0 Å². The molecule has 0 aromatic carbocycles. The summed E-state index contributed by atoms with van der Waals surface area (Å²) in [6.07, 6.45) is 25.0. The Morgan fingerprint density at radius 2 is 0.487 bits per heavy atom. The molecular weight excluding hydrogens is 686 g/mol. The third-order valence-corrected chi connectivity index (χ3v) is 57.8. The standard InChI is InChI=1S/6C6H13.O.2Sn/c6*1-3-5-6-4-2;;;/h6*3H,4-6H2,1-2H3;;;. The first-order valence-electron chi connectivity index (χ1n) is 18.3. The second-order valence-electron chi connectivity index (χ2n) is 14.1. The Labute approximate surface area is 259 Å². The first-order chi connectivity index (χ1) is 18.6. The van der Waals surface area contributed by atoms with Gasteiger partial charge in [-0.05, 0) is 0 Å². The second-order valence-corrected chi connectivity index (χ2v) is 45.2. The van der Waals surface area contributed by atoms with Gasteiger partial charge in [-0.15, -0.1) is 0 Å². The molecule has 0 radical (unpaired) electrons. The Balaban J connectivity index is 7.28. The van der Waals surface area contributed by atoms with Gasteiger partial charge in [-0.2, -0.15) is 0 Å². The van der Waals surface area contributed by atoms with E-state index in [2.05, 4.69) is 83.1 Å². The van der Waals surface area contributed by atoms with E-state index in [-0.39, 0.29) is 0 Å². The van der Waals surface area contributed by atoms with Gasteiger partial charge in [0.05, 0.1) is 0 Å². The van der Waals surface area contributed by atoms with E-state index in [1.807, 2.05) is 0 Å². The monoisotopic (exact) mass is 766 g/mol. The van der Waals surface area contributed by atoms with Gasteiger partial charge in [0.1, 0.15) is 0 Å². The average Bonchev–Trinajstić information content (AvgIpc) is 2.94. The van der Waals surface area contributed by atoms with E-state index < -0.39 is 37.6 Å². The summed E-state index contributed by atoms with van der Waals surface area (Å²) >= 11 is -6.29. The predicted molar refractivity (Wildman–Crippen MR) is 186 cm³/mol. The van der Waals surface area contributed by atoms with Crippen LogP contribution < -0.4 is 0 Å². The molecule has 0 aliphatic heterocycles. The zero-order valence-corrected chi connectivity index (χ0v) is 35.3. The minimum atomic E-state index is -3.14. The molecule has 0 bridgehead atoms. The fourth-order valence-electron chi connectivity index (χ4n) is 8.24. The van der Waals surface area contributed by atoms with Gasteiger partial charge < -0.3 is 0 Å². The molecule has 39 heavy (non-hydrogen) atoms. The van der Waals surface area contributed by atoms with Crippen LogP contribution in [-0.4, -0.2) is 37.6 Å². The van der Waals surface area contributed by atoms with Crippen molar-refractivity contribution in [2.24, 2.45) is 0 Å². The van der Waals surface area contributed by atoms with Gasteiger partial charge in [0.15, 0.2) is 0 Å². The van der Waals surface area contributed by atoms with Crippen LogP contribution in [0.25, 0.3) is 0 Å². The van der Waals surface area contributed by atoms with Crippen LogP contribution in [0, 0.1) is 0 Å². The first kappa shape index (κ1) is 40.6. The molecule has 0 amide bonds. The molecule has 236 valence electrons. The van der Waals surface area contributed by atoms with Gasteiger partial charge in [0, 0.05) is 0 Å². The molecule has 0 fully saturated rings. The van der Waals surface area contributed by atoms with Crippen molar-refractivity contribution in [1.29, 1.82) is 0 Å². The van der Waals surface area contributed by atoms with Crippen LogP contribution in [-0.2, 0) is 1.41 Å². The van der Waals surface area contributed by atoms with E-state index in [9.17, 15) is 0 Å². The number of rotatable bonds is 26. The molecule has 6 unspecified atom stereocenters. The zero-order chi connectivity index (χ0) is 29.9. The number of unbranched alkanes of at least 4 members (excludes halogenated alkanes) is 6. The fraction of sp³-hybridized carbons (Fsp3) is 1.00. The first-order valence-corrected chi connectivity index (χ1v) is 30.5. The Morgan fingerprint density at radius 1 is 0.333 bits per heavy atom. The minimum absolute atomic E-state index is 0.851. The van der Waals surface area contributed by atoms with Gasteiger partial charge >= 0.3 is 261 Å². The molecule has 0 aromatic heterocycles. The molecular formula is C36H78OSn2. The van der Waals surface area contributed by atoms with Crippen molar-refractivity contribution in [3.8, 4) is 0 Å². The van der Waals surface area contributed by atoms with Crippen LogP contribution in [0.15, 0.2) is 0 Å². The Kier molecular flexibility index (Phi) is 23.9. The number of hydrogen-bond donors (Lipinski definition) is 0. The van der Waals surface area contributed by atoms with Crippen molar-refractivity contribution in [2.45, 2.75) is 222 Å². The van der Waals surface area contributed by atoms with Crippen molar-refractivity contribution in [3.63, 3.8) is 0 Å². The fourth-order valence-corrected chi connectivity index (χ4v) is 76.1. The maximum absolute atomic E-state index is 8.80. The van der Waals surface area contributed by atoms with Crippen LogP contribution in [0.2, 0.25) is 23.6 Å². The van der Waals surface area contributed by atoms with Gasteiger partial charge in [-0.25, -0.2) is 0 Å². The van der Waals surface area contributed by atoms with Gasteiger partial charge in [-0.1, -0.05) is 0 Å². The van der Waals surface area contributed by atoms with E-state index in [1.54, 1.807) is 0 Å². The summed E-state index contributed by atoms with van der Waals surface area (Å²) in [5, 5.41) is 0. The normalized spacial score (nSPS) is 20.0. The topological polar surface area (TPSA) is 9.23 Å². The summed E-state index contributed by atoms with van der Waals surface area (Å²) in [4.78, 5) is 0. The van der Waals surface area contributed by atoms with Crippen molar-refractivity contribution in [2.75, 3.05) is 0 Å². The summed E-state index contributed by atoms with van der Waals surface area (Å²) in [5.41, 5.74) is 0. The van der Waals surface area contributed by atoms with E-state index >= 15 is 0 Å². The van der Waals surface area contributed by atoms with Crippen molar-refractivity contribution in [1.82, 2.24) is 0 Å². The molecule has 0 N–H and O–H groups in total. The second kappa shape index (κ2) is 23.0. The van der Waals surface area contributed by atoms with Crippen molar-refractivity contribution >= 4 is 37.6 Å². The van der Waals surface area contributed by atoms with Crippen LogP contribution in [0.4, 0.5) is 0 Å². The molecule has 0 rings (SSSR count). The molecule has 0 aromatic rings. The molecule has 0 aliphatic rings. The summed E-state index contributed by atoms with van der Waals surface area (Å²) in [7, 11) is 0. The molecule has 0 saturated heterocycles. The zero-order valence-electron chi connectivity index (χ0n) is 29.6. The van der Waals surface area contributed by atoms with E-state index in [0.717, 1.165) is 23.6 Å². The van der Waals surface area contributed by atoms with Gasteiger partial charge in [0.2, 0.25) is 0 Å². The van der Waals surface area contributed by atoms with Gasteiger partial charge in [0.25, 0.3) is 0 Å². The molecule has 0 heterocycles. The van der Waals surface area contributed by atoms with Crippen LogP contribution in [0.3, 0.4) is 0 Å². The SMILES string of the molecule is CCCC[CH](C)[Sn]([O][Sn]([CH](C)CCCC)([CH](C)CCCC)[CH](C)CCCC)([CH](C)CCCC)[CH](C)CCCC. The molecule has 1 nitrogen and oxygen atoms in total. The maximum atomic E-state index is 8.80. The molecule has 0 aliphatic carbocycles. The Bertz CT molecular complexity index is 444. The van der Waals surface area contributed by atoms with Crippen molar-refractivity contribution < 1.29 is 1.41 Å². The Morgan fingerprint density at radius 3 is 0.615 bits per heavy atom. The summed E-state index contributed by atoms with van der Waals surface area (Å²) < 4.78 is 13.9. The van der Waals surface area contributed by atoms with Gasteiger partial charge in [-0.3, -0.25) is 0 Å². The van der Waals surface area contributed by atoms with E-state index in [1.165, 1.54) is 116 Å². The molecule has 3 heteroatoms. The molecule has 0 spiro atoms. The van der Waals surface area contributed by atoms with Crippen LogP contribution >= 0.6 is 0 Å². The van der Waals surface area contributed by atoms with Crippen LogP contribution in [0.5, 0.6) is 0 Å². The summed E-state index contributed by atoms with van der Waals surface area (Å²) in [6.45, 7) is 30.7. The Hall–Kier alpha value is 1.56. The third kappa shape index (κ3) is 12.2. The van der Waals surface area contributed by atoms with Crippen LogP contribution in [0.1, 0.15) is 199 Å². The van der Waals surface area contributed by atoms with Crippen molar-refractivity contribution in [3.05, 3.63) is 0 Å². The summed E-state index contributed by atoms with van der Waals surface area (Å²) in [5.74, 6) is 0.